The Kier molecular flexibility index (Phi) is 5.06. The molecule has 5 rings (SSSR count). The molecule has 162 valence electrons. The quantitative estimate of drug-likeness (QED) is 0.655. The van der Waals surface area contributed by atoms with Crippen LogP contribution in [0.15, 0.2) is 30.3 Å². The minimum atomic E-state index is -4.38. The second-order valence-electron chi connectivity index (χ2n) is 8.93. The number of hydrogen-bond donors (Lipinski definition) is 0. The van der Waals surface area contributed by atoms with Gasteiger partial charge in [0.25, 0.3) is 0 Å². The molecule has 6 nitrogen and oxygen atoms in total. The van der Waals surface area contributed by atoms with Gasteiger partial charge in [-0.1, -0.05) is 30.3 Å². The molecule has 4 bridgehead atoms. The van der Waals surface area contributed by atoms with Crippen LogP contribution < -0.4 is 5.11 Å². The Bertz CT molecular complexity index is 838. The third kappa shape index (κ3) is 3.46. The van der Waals surface area contributed by atoms with Gasteiger partial charge in [-0.2, -0.15) is 8.78 Å². The molecular weight excluding hydrogens is 398 g/mol. The summed E-state index contributed by atoms with van der Waals surface area (Å²) < 4.78 is 39.6. The summed E-state index contributed by atoms with van der Waals surface area (Å²) in [5, 5.41) is 11.1. The van der Waals surface area contributed by atoms with Crippen LogP contribution in [0.5, 0.6) is 0 Å². The molecule has 0 N–H and O–H groups in total. The Morgan fingerprint density at radius 1 is 1.10 bits per heavy atom. The highest BCUT2D eigenvalue weighted by Crippen LogP contribution is 2.61. The first-order chi connectivity index (χ1) is 14.1. The van der Waals surface area contributed by atoms with Crippen molar-refractivity contribution in [2.45, 2.75) is 57.2 Å². The van der Waals surface area contributed by atoms with E-state index >= 15 is 0 Å². The number of ether oxygens (including phenoxy) is 2. The van der Waals surface area contributed by atoms with E-state index in [4.69, 9.17) is 9.47 Å². The van der Waals surface area contributed by atoms with Crippen molar-refractivity contribution in [1.82, 2.24) is 0 Å². The molecule has 0 spiro atoms. The van der Waals surface area contributed by atoms with E-state index in [1.165, 1.54) is 31.2 Å². The predicted octanol–water partition coefficient (Wildman–Crippen LogP) is 2.41. The SMILES string of the molecule is CC(=O)OC1C2CC3CC1CC(C(=O)OC(c1ccccc1)C(F)(F)C(=O)[O-])(C3)C2. The number of halogens is 2. The second kappa shape index (κ2) is 7.32. The van der Waals surface area contributed by atoms with Gasteiger partial charge in [0, 0.05) is 6.92 Å². The van der Waals surface area contributed by atoms with Crippen molar-refractivity contribution < 1.29 is 37.7 Å². The summed E-state index contributed by atoms with van der Waals surface area (Å²) in [7, 11) is 0. The van der Waals surface area contributed by atoms with Crippen LogP contribution in [0.1, 0.15) is 50.7 Å². The molecule has 3 atom stereocenters. The van der Waals surface area contributed by atoms with Crippen LogP contribution in [0, 0.1) is 23.2 Å². The number of carboxylic acid groups (broad SMARTS) is 1. The van der Waals surface area contributed by atoms with Crippen LogP contribution >= 0.6 is 0 Å². The first kappa shape index (κ1) is 20.8. The summed E-state index contributed by atoms with van der Waals surface area (Å²) in [6, 6.07) is 7.12. The van der Waals surface area contributed by atoms with Crippen molar-refractivity contribution >= 4 is 17.9 Å². The van der Waals surface area contributed by atoms with Crippen molar-refractivity contribution in [3.05, 3.63) is 35.9 Å². The van der Waals surface area contributed by atoms with E-state index in [9.17, 15) is 28.3 Å². The van der Waals surface area contributed by atoms with Gasteiger partial charge in [0.15, 0.2) is 6.10 Å². The largest absolute Gasteiger partial charge is 0.544 e. The summed E-state index contributed by atoms with van der Waals surface area (Å²) in [4.78, 5) is 35.8. The van der Waals surface area contributed by atoms with Gasteiger partial charge >= 0.3 is 17.9 Å². The molecule has 4 aliphatic carbocycles. The molecule has 0 amide bonds. The third-order valence-electron chi connectivity index (χ3n) is 6.85. The first-order valence-corrected chi connectivity index (χ1v) is 10.1. The lowest BCUT2D eigenvalue weighted by Gasteiger charge is -2.58. The van der Waals surface area contributed by atoms with Gasteiger partial charge < -0.3 is 19.4 Å². The number of carbonyl (C=O) groups is 3. The van der Waals surface area contributed by atoms with Crippen molar-refractivity contribution in [2.24, 2.45) is 23.2 Å². The summed E-state index contributed by atoms with van der Waals surface area (Å²) in [5.41, 5.74) is -1.06. The van der Waals surface area contributed by atoms with Gasteiger partial charge in [-0.25, -0.2) is 0 Å². The highest BCUT2D eigenvalue weighted by Gasteiger charge is 2.61. The van der Waals surface area contributed by atoms with Crippen LogP contribution in [-0.4, -0.2) is 29.9 Å². The van der Waals surface area contributed by atoms with Crippen molar-refractivity contribution in [2.75, 3.05) is 0 Å². The Morgan fingerprint density at radius 2 is 1.70 bits per heavy atom. The second-order valence-corrected chi connectivity index (χ2v) is 8.93. The highest BCUT2D eigenvalue weighted by atomic mass is 19.3. The smallest absolute Gasteiger partial charge is 0.327 e. The molecule has 30 heavy (non-hydrogen) atoms. The fourth-order valence-electron chi connectivity index (χ4n) is 5.93. The van der Waals surface area contributed by atoms with Crippen LogP contribution in [0.25, 0.3) is 0 Å². The molecule has 1 aromatic rings. The van der Waals surface area contributed by atoms with Gasteiger partial charge in [-0.05, 0) is 55.4 Å². The Hall–Kier alpha value is -2.51. The van der Waals surface area contributed by atoms with E-state index in [0.717, 1.165) is 12.8 Å². The lowest BCUT2D eigenvalue weighted by atomic mass is 9.48. The average molecular weight is 421 g/mol. The molecular formula is C22H23F2O6-. The molecule has 4 saturated carbocycles. The molecule has 0 radical (unpaired) electrons. The number of aliphatic carboxylic acids is 1. The van der Waals surface area contributed by atoms with E-state index in [2.05, 4.69) is 0 Å². The molecule has 0 saturated heterocycles. The van der Waals surface area contributed by atoms with E-state index in [1.54, 1.807) is 6.07 Å². The monoisotopic (exact) mass is 421 g/mol. The molecule has 4 aliphatic rings. The lowest BCUT2D eigenvalue weighted by Crippen LogP contribution is -2.58. The summed E-state index contributed by atoms with van der Waals surface area (Å²) in [6.07, 6.45) is 0.388. The van der Waals surface area contributed by atoms with Crippen molar-refractivity contribution in [3.63, 3.8) is 0 Å². The van der Waals surface area contributed by atoms with Gasteiger partial charge in [0.1, 0.15) is 12.1 Å². The van der Waals surface area contributed by atoms with Crippen LogP contribution in [0.3, 0.4) is 0 Å². The average Bonchev–Trinajstić information content (AvgIpc) is 2.68. The third-order valence-corrected chi connectivity index (χ3v) is 6.85. The highest BCUT2D eigenvalue weighted by molar-refractivity contribution is 5.80. The fraction of sp³-hybridized carbons (Fsp3) is 0.591. The number of alkyl halides is 2. The van der Waals surface area contributed by atoms with Gasteiger partial charge in [0.05, 0.1) is 5.41 Å². The normalized spacial score (nSPS) is 33.0. The number of hydrogen-bond acceptors (Lipinski definition) is 6. The Morgan fingerprint density at radius 3 is 2.23 bits per heavy atom. The maximum Gasteiger partial charge on any atom is 0.327 e. The van der Waals surface area contributed by atoms with E-state index in [-0.39, 0.29) is 35.4 Å². The summed E-state index contributed by atoms with van der Waals surface area (Å²) in [5.74, 6) is -7.96. The Labute approximate surface area is 172 Å². The number of rotatable bonds is 6. The number of esters is 2. The van der Waals surface area contributed by atoms with E-state index in [0.29, 0.717) is 19.3 Å². The van der Waals surface area contributed by atoms with Gasteiger partial charge in [-0.3, -0.25) is 9.59 Å². The summed E-state index contributed by atoms with van der Waals surface area (Å²) in [6.45, 7) is 1.35. The zero-order valence-electron chi connectivity index (χ0n) is 16.5. The minimum Gasteiger partial charge on any atom is -0.544 e. The molecule has 0 aromatic heterocycles. The number of carbonyl (C=O) groups excluding carboxylic acids is 3. The maximum absolute atomic E-state index is 14.4. The maximum atomic E-state index is 14.4. The van der Waals surface area contributed by atoms with Crippen LogP contribution in [0.4, 0.5) is 8.78 Å². The van der Waals surface area contributed by atoms with Crippen LogP contribution in [-0.2, 0) is 23.9 Å². The topological polar surface area (TPSA) is 92.7 Å². The van der Waals surface area contributed by atoms with Gasteiger partial charge in [0.2, 0.25) is 0 Å². The zero-order valence-corrected chi connectivity index (χ0v) is 16.5. The zero-order chi connectivity index (χ0) is 21.7. The van der Waals surface area contributed by atoms with Crippen molar-refractivity contribution in [3.8, 4) is 0 Å². The molecule has 3 unspecified atom stereocenters. The van der Waals surface area contributed by atoms with E-state index in [1.807, 2.05) is 0 Å². The minimum absolute atomic E-state index is 0.0236. The lowest BCUT2D eigenvalue weighted by molar-refractivity contribution is -0.337. The molecule has 0 aliphatic heterocycles. The van der Waals surface area contributed by atoms with Crippen LogP contribution in [0.2, 0.25) is 0 Å². The fourth-order valence-corrected chi connectivity index (χ4v) is 5.93. The Balaban J connectivity index is 1.59. The predicted molar refractivity (Wildman–Crippen MR) is 96.8 cm³/mol. The number of benzene rings is 1. The van der Waals surface area contributed by atoms with Crippen molar-refractivity contribution in [1.29, 1.82) is 0 Å². The molecule has 8 heteroatoms. The van der Waals surface area contributed by atoms with E-state index < -0.39 is 29.4 Å². The molecule has 0 heterocycles. The number of carboxylic acids is 1. The molecule has 4 fully saturated rings. The van der Waals surface area contributed by atoms with Gasteiger partial charge in [-0.15, -0.1) is 0 Å². The molecule has 1 aromatic carbocycles. The standard InChI is InChI=1S/C22H24F2O6/c1-12(25)29-17-15-7-13-8-16(17)11-21(9-13,10-15)20(28)30-18(22(23,24)19(26)27)14-5-3-2-4-6-14/h2-6,13,15-18H,7-11H2,1H3,(H,26,27)/p-1. The first-order valence-electron chi connectivity index (χ1n) is 10.1. The summed E-state index contributed by atoms with van der Waals surface area (Å²) >= 11 is 0.